The number of hydrogen-bond acceptors (Lipinski definition) is 6. The normalized spacial score (nSPS) is 11.6. The number of rotatable bonds is 17. The first-order chi connectivity index (χ1) is 11.0. The molecule has 0 aromatic carbocycles. The Morgan fingerprint density at radius 3 is 1.65 bits per heavy atom. The summed E-state index contributed by atoms with van der Waals surface area (Å²) < 4.78 is 21.7. The van der Waals surface area contributed by atoms with E-state index in [1.54, 1.807) is 0 Å². The van der Waals surface area contributed by atoms with E-state index in [1.165, 1.54) is 0 Å². The number of ether oxygens (including phenoxy) is 4. The van der Waals surface area contributed by atoms with Gasteiger partial charge in [0, 0.05) is 19.6 Å². The van der Waals surface area contributed by atoms with Crippen molar-refractivity contribution < 1.29 is 18.9 Å². The molecule has 23 heavy (non-hydrogen) atoms. The lowest BCUT2D eigenvalue weighted by Gasteiger charge is -2.19. The van der Waals surface area contributed by atoms with Gasteiger partial charge in [-0.15, -0.1) is 0 Å². The van der Waals surface area contributed by atoms with Crippen LogP contribution in [0.1, 0.15) is 6.92 Å². The third-order valence-corrected chi connectivity index (χ3v) is 3.01. The van der Waals surface area contributed by atoms with Gasteiger partial charge in [-0.25, -0.2) is 0 Å². The SMILES string of the molecule is C=C(C)COCCOCCOCCOCCN(C)CCN(C)C. The van der Waals surface area contributed by atoms with Crippen molar-refractivity contribution in [3.63, 3.8) is 0 Å². The first kappa shape index (κ1) is 22.5. The van der Waals surface area contributed by atoms with E-state index >= 15 is 0 Å². The molecule has 0 N–H and O–H groups in total. The van der Waals surface area contributed by atoms with E-state index in [1.807, 2.05) is 6.92 Å². The van der Waals surface area contributed by atoms with Gasteiger partial charge in [0.1, 0.15) is 0 Å². The van der Waals surface area contributed by atoms with Gasteiger partial charge in [-0.05, 0) is 28.1 Å². The van der Waals surface area contributed by atoms with Gasteiger partial charge in [0.15, 0.2) is 0 Å². The number of likely N-dealkylation sites (N-methyl/N-ethyl adjacent to an activating group) is 2. The van der Waals surface area contributed by atoms with Crippen LogP contribution in [0, 0.1) is 0 Å². The smallest absolute Gasteiger partial charge is 0.0704 e. The zero-order valence-corrected chi connectivity index (χ0v) is 15.5. The zero-order valence-electron chi connectivity index (χ0n) is 15.5. The average Bonchev–Trinajstić information content (AvgIpc) is 2.49. The van der Waals surface area contributed by atoms with Crippen LogP contribution in [0.25, 0.3) is 0 Å². The van der Waals surface area contributed by atoms with E-state index in [-0.39, 0.29) is 0 Å². The van der Waals surface area contributed by atoms with Crippen LogP contribution < -0.4 is 0 Å². The monoisotopic (exact) mass is 332 g/mol. The molecule has 0 aromatic rings. The largest absolute Gasteiger partial charge is 0.378 e. The van der Waals surface area contributed by atoms with Gasteiger partial charge in [0.2, 0.25) is 0 Å². The molecule has 0 heterocycles. The number of nitrogens with zero attached hydrogens (tertiary/aromatic N) is 2. The Balaban J connectivity index is 3.11. The quantitative estimate of drug-likeness (QED) is 0.294. The van der Waals surface area contributed by atoms with Crippen molar-refractivity contribution in [2.75, 3.05) is 93.6 Å². The molecule has 6 heteroatoms. The molecular weight excluding hydrogens is 296 g/mol. The second kappa shape index (κ2) is 16.4. The molecule has 0 amide bonds. The first-order valence-corrected chi connectivity index (χ1v) is 8.31. The van der Waals surface area contributed by atoms with Gasteiger partial charge in [0.25, 0.3) is 0 Å². The van der Waals surface area contributed by atoms with Crippen LogP contribution in [-0.2, 0) is 18.9 Å². The third kappa shape index (κ3) is 19.5. The van der Waals surface area contributed by atoms with E-state index in [0.29, 0.717) is 46.2 Å². The molecule has 0 aromatic heterocycles. The van der Waals surface area contributed by atoms with E-state index in [9.17, 15) is 0 Å². The molecule has 0 aliphatic heterocycles. The Bertz CT molecular complexity index is 275. The van der Waals surface area contributed by atoms with Crippen molar-refractivity contribution >= 4 is 0 Å². The summed E-state index contributed by atoms with van der Waals surface area (Å²) in [5, 5.41) is 0. The maximum absolute atomic E-state index is 5.54. The Labute approximate surface area is 142 Å². The van der Waals surface area contributed by atoms with Crippen molar-refractivity contribution in [2.24, 2.45) is 0 Å². The van der Waals surface area contributed by atoms with Gasteiger partial charge in [-0.2, -0.15) is 0 Å². The van der Waals surface area contributed by atoms with Crippen molar-refractivity contribution in [3.8, 4) is 0 Å². The maximum atomic E-state index is 5.54. The molecule has 0 rings (SSSR count). The first-order valence-electron chi connectivity index (χ1n) is 8.31. The molecule has 6 nitrogen and oxygen atoms in total. The molecule has 0 fully saturated rings. The predicted molar refractivity (Wildman–Crippen MR) is 94.1 cm³/mol. The fourth-order valence-corrected chi connectivity index (χ4v) is 1.61. The van der Waals surface area contributed by atoms with Crippen LogP contribution in [-0.4, -0.2) is 103 Å². The lowest BCUT2D eigenvalue weighted by atomic mass is 10.4. The lowest BCUT2D eigenvalue weighted by Crippen LogP contribution is -2.31. The van der Waals surface area contributed by atoms with Gasteiger partial charge >= 0.3 is 0 Å². The zero-order chi connectivity index (χ0) is 17.3. The fraction of sp³-hybridized carbons (Fsp3) is 0.882. The summed E-state index contributed by atoms with van der Waals surface area (Å²) in [4.78, 5) is 4.45. The Hall–Kier alpha value is -0.500. The standard InChI is InChI=1S/C17H36N2O4/c1-17(2)16-23-15-14-22-13-12-21-11-10-20-9-8-19(5)7-6-18(3)4/h1,6-16H2,2-5H3. The fourth-order valence-electron chi connectivity index (χ4n) is 1.61. The van der Waals surface area contributed by atoms with Gasteiger partial charge in [-0.1, -0.05) is 12.2 Å². The van der Waals surface area contributed by atoms with Crippen molar-refractivity contribution in [1.29, 1.82) is 0 Å². The summed E-state index contributed by atoms with van der Waals surface area (Å²) in [6.45, 7) is 13.7. The Kier molecular flexibility index (Phi) is 16.0. The second-order valence-corrected chi connectivity index (χ2v) is 5.95. The molecule has 0 aliphatic rings. The summed E-state index contributed by atoms with van der Waals surface area (Å²) in [7, 11) is 6.28. The minimum absolute atomic E-state index is 0.587. The summed E-state index contributed by atoms with van der Waals surface area (Å²) >= 11 is 0. The third-order valence-electron chi connectivity index (χ3n) is 3.01. The lowest BCUT2D eigenvalue weighted by molar-refractivity contribution is -0.00137. The summed E-state index contributed by atoms with van der Waals surface area (Å²) in [5.41, 5.74) is 1.03. The highest BCUT2D eigenvalue weighted by Gasteiger charge is 1.99. The van der Waals surface area contributed by atoms with Crippen molar-refractivity contribution in [2.45, 2.75) is 6.92 Å². The van der Waals surface area contributed by atoms with Crippen molar-refractivity contribution in [3.05, 3.63) is 12.2 Å². The second-order valence-electron chi connectivity index (χ2n) is 5.95. The van der Waals surface area contributed by atoms with Crippen LogP contribution in [0.3, 0.4) is 0 Å². The van der Waals surface area contributed by atoms with E-state index in [2.05, 4.69) is 37.5 Å². The highest BCUT2D eigenvalue weighted by molar-refractivity contribution is 4.87. The molecule has 0 aliphatic carbocycles. The van der Waals surface area contributed by atoms with Crippen LogP contribution in [0.5, 0.6) is 0 Å². The van der Waals surface area contributed by atoms with E-state index in [0.717, 1.165) is 31.8 Å². The van der Waals surface area contributed by atoms with E-state index < -0.39 is 0 Å². The van der Waals surface area contributed by atoms with Crippen LogP contribution in [0.2, 0.25) is 0 Å². The topological polar surface area (TPSA) is 43.4 Å². The molecule has 0 saturated heterocycles. The molecular formula is C17H36N2O4. The van der Waals surface area contributed by atoms with E-state index in [4.69, 9.17) is 18.9 Å². The molecule has 0 saturated carbocycles. The minimum atomic E-state index is 0.587. The highest BCUT2D eigenvalue weighted by Crippen LogP contribution is 1.89. The van der Waals surface area contributed by atoms with Crippen LogP contribution >= 0.6 is 0 Å². The van der Waals surface area contributed by atoms with Crippen LogP contribution in [0.4, 0.5) is 0 Å². The Morgan fingerprint density at radius 2 is 1.17 bits per heavy atom. The average molecular weight is 332 g/mol. The van der Waals surface area contributed by atoms with Gasteiger partial charge in [-0.3, -0.25) is 0 Å². The maximum Gasteiger partial charge on any atom is 0.0704 e. The Morgan fingerprint density at radius 1 is 0.696 bits per heavy atom. The highest BCUT2D eigenvalue weighted by atomic mass is 16.6. The summed E-state index contributed by atoms with van der Waals surface area (Å²) in [6.07, 6.45) is 0. The summed E-state index contributed by atoms with van der Waals surface area (Å²) in [6, 6.07) is 0. The van der Waals surface area contributed by atoms with Gasteiger partial charge < -0.3 is 28.7 Å². The molecule has 0 unspecified atom stereocenters. The molecule has 138 valence electrons. The molecule has 0 spiro atoms. The van der Waals surface area contributed by atoms with Crippen LogP contribution in [0.15, 0.2) is 12.2 Å². The molecule has 0 bridgehead atoms. The van der Waals surface area contributed by atoms with Crippen molar-refractivity contribution in [1.82, 2.24) is 9.80 Å². The predicted octanol–water partition coefficient (Wildman–Crippen LogP) is 1.12. The van der Waals surface area contributed by atoms with Gasteiger partial charge in [0.05, 0.1) is 52.9 Å². The molecule has 0 atom stereocenters. The minimum Gasteiger partial charge on any atom is -0.378 e. The summed E-state index contributed by atoms with van der Waals surface area (Å²) in [5.74, 6) is 0. The molecule has 0 radical (unpaired) electrons. The number of hydrogen-bond donors (Lipinski definition) is 0.